The Morgan fingerprint density at radius 2 is 2.13 bits per heavy atom. The van der Waals surface area contributed by atoms with Crippen molar-refractivity contribution >= 4 is 35.1 Å². The number of piperidine rings is 1. The number of rotatable bonds is 7. The van der Waals surface area contributed by atoms with Crippen molar-refractivity contribution in [3.8, 4) is 0 Å². The summed E-state index contributed by atoms with van der Waals surface area (Å²) >= 11 is 3.23. The van der Waals surface area contributed by atoms with Gasteiger partial charge in [-0.2, -0.15) is 11.8 Å². The summed E-state index contributed by atoms with van der Waals surface area (Å²) in [4.78, 5) is 30.8. The quantitative estimate of drug-likeness (QED) is 0.623. The molecule has 0 unspecified atom stereocenters. The van der Waals surface area contributed by atoms with Gasteiger partial charge in [0.05, 0.1) is 17.0 Å². The minimum atomic E-state index is -0.483. The molecule has 1 fully saturated rings. The third kappa shape index (κ3) is 6.77. The molecule has 3 heterocycles. The Hall–Kier alpha value is -2.00. The van der Waals surface area contributed by atoms with Gasteiger partial charge in [0, 0.05) is 36.7 Å². The molecule has 0 bridgehead atoms. The third-order valence-corrected chi connectivity index (χ3v) is 6.60. The highest BCUT2D eigenvalue weighted by Gasteiger charge is 2.29. The first kappa shape index (κ1) is 22.7. The van der Waals surface area contributed by atoms with Crippen LogP contribution in [0.25, 0.3) is 0 Å². The second-order valence-corrected chi connectivity index (χ2v) is 10.2. The molecular weight excluding hydrogens is 422 g/mol. The van der Waals surface area contributed by atoms with E-state index in [4.69, 9.17) is 9.15 Å². The van der Waals surface area contributed by atoms with E-state index >= 15 is 0 Å². The van der Waals surface area contributed by atoms with Crippen molar-refractivity contribution in [2.45, 2.75) is 50.9 Å². The van der Waals surface area contributed by atoms with Crippen LogP contribution in [0.4, 0.5) is 4.79 Å². The molecule has 0 spiro atoms. The van der Waals surface area contributed by atoms with Gasteiger partial charge in [0.15, 0.2) is 0 Å². The lowest BCUT2D eigenvalue weighted by atomic mass is 9.98. The summed E-state index contributed by atoms with van der Waals surface area (Å²) < 4.78 is 10.7. The third-order valence-electron chi connectivity index (χ3n) is 4.61. The van der Waals surface area contributed by atoms with Crippen molar-refractivity contribution in [1.82, 2.24) is 15.2 Å². The topological polar surface area (TPSA) is 84.7 Å². The van der Waals surface area contributed by atoms with Crippen LogP contribution in [0.1, 0.15) is 60.8 Å². The van der Waals surface area contributed by atoms with Gasteiger partial charge in [-0.05, 0) is 45.7 Å². The molecule has 0 radical (unpaired) electrons. The minimum absolute atomic E-state index is 0.137. The Morgan fingerprint density at radius 3 is 2.80 bits per heavy atom. The van der Waals surface area contributed by atoms with Crippen LogP contribution < -0.4 is 5.32 Å². The second-order valence-electron chi connectivity index (χ2n) is 8.20. The maximum Gasteiger partial charge on any atom is 0.410 e. The van der Waals surface area contributed by atoms with Crippen LogP contribution in [0.15, 0.2) is 28.2 Å². The molecule has 1 aliphatic rings. The molecule has 30 heavy (non-hydrogen) atoms. The van der Waals surface area contributed by atoms with E-state index in [0.717, 1.165) is 35.1 Å². The zero-order chi connectivity index (χ0) is 21.6. The van der Waals surface area contributed by atoms with Crippen LogP contribution in [-0.2, 0) is 10.5 Å². The molecule has 0 atom stereocenters. The van der Waals surface area contributed by atoms with Crippen molar-refractivity contribution in [2.24, 2.45) is 0 Å². The number of furan rings is 1. The van der Waals surface area contributed by atoms with Gasteiger partial charge in [-0.25, -0.2) is 9.78 Å². The number of amides is 2. The fourth-order valence-corrected chi connectivity index (χ4v) is 4.84. The molecular formula is C21H29N3O4S2. The van der Waals surface area contributed by atoms with Crippen LogP contribution in [0.5, 0.6) is 0 Å². The molecule has 2 aromatic rings. The molecule has 2 aromatic heterocycles. The Kier molecular flexibility index (Phi) is 7.82. The number of thiazole rings is 1. The molecule has 1 N–H and O–H groups in total. The summed E-state index contributed by atoms with van der Waals surface area (Å²) in [6.45, 7) is 7.50. The number of hydrogen-bond acceptors (Lipinski definition) is 7. The SMILES string of the molecule is CC(C)(C)OC(=O)N1CCC(c2nc(C(=O)NCCSCc3ccco3)cs2)CC1. The average molecular weight is 452 g/mol. The lowest BCUT2D eigenvalue weighted by Gasteiger charge is -2.32. The number of carbonyl (C=O) groups is 2. The minimum Gasteiger partial charge on any atom is -0.468 e. The zero-order valence-electron chi connectivity index (χ0n) is 17.7. The summed E-state index contributed by atoms with van der Waals surface area (Å²) in [7, 11) is 0. The number of ether oxygens (including phenoxy) is 1. The highest BCUT2D eigenvalue weighted by Crippen LogP contribution is 2.31. The fraction of sp³-hybridized carbons (Fsp3) is 0.571. The highest BCUT2D eigenvalue weighted by molar-refractivity contribution is 7.98. The number of aromatic nitrogens is 1. The van der Waals surface area contributed by atoms with Crippen LogP contribution in [0.3, 0.4) is 0 Å². The largest absolute Gasteiger partial charge is 0.468 e. The first-order valence-electron chi connectivity index (χ1n) is 10.1. The smallest absolute Gasteiger partial charge is 0.410 e. The Balaban J connectivity index is 1.39. The molecule has 3 rings (SSSR count). The van der Waals surface area contributed by atoms with Crippen LogP contribution in [0, 0.1) is 0 Å². The van der Waals surface area contributed by atoms with Crippen molar-refractivity contribution in [2.75, 3.05) is 25.4 Å². The van der Waals surface area contributed by atoms with E-state index in [1.807, 2.05) is 38.3 Å². The molecule has 1 saturated heterocycles. The lowest BCUT2D eigenvalue weighted by molar-refractivity contribution is 0.0204. The van der Waals surface area contributed by atoms with Crippen molar-refractivity contribution in [3.63, 3.8) is 0 Å². The Bertz CT molecular complexity index is 822. The van der Waals surface area contributed by atoms with E-state index in [-0.39, 0.29) is 17.9 Å². The van der Waals surface area contributed by atoms with E-state index in [9.17, 15) is 9.59 Å². The van der Waals surface area contributed by atoms with E-state index in [2.05, 4.69) is 10.3 Å². The normalized spacial score (nSPS) is 15.2. The maximum absolute atomic E-state index is 12.3. The van der Waals surface area contributed by atoms with Gasteiger partial charge < -0.3 is 19.4 Å². The first-order chi connectivity index (χ1) is 14.3. The summed E-state index contributed by atoms with van der Waals surface area (Å²) in [5.41, 5.74) is -0.0106. The molecule has 7 nitrogen and oxygen atoms in total. The standard InChI is InChI=1S/C21H29N3O4S2/c1-21(2,3)28-20(26)24-9-6-15(7-10-24)19-23-17(14-30-19)18(25)22-8-12-29-13-16-5-4-11-27-16/h4-5,11,14-15H,6-10,12-13H2,1-3H3,(H,22,25). The summed E-state index contributed by atoms with van der Waals surface area (Å²) in [5.74, 6) is 2.69. The number of carbonyl (C=O) groups excluding carboxylic acids is 2. The lowest BCUT2D eigenvalue weighted by Crippen LogP contribution is -2.41. The van der Waals surface area contributed by atoms with Gasteiger partial charge >= 0.3 is 6.09 Å². The summed E-state index contributed by atoms with van der Waals surface area (Å²) in [6.07, 6.45) is 3.07. The van der Waals surface area contributed by atoms with Gasteiger partial charge in [0.1, 0.15) is 17.1 Å². The van der Waals surface area contributed by atoms with Crippen molar-refractivity contribution < 1.29 is 18.7 Å². The molecule has 0 saturated carbocycles. The molecule has 1 aliphatic heterocycles. The molecule has 2 amide bonds. The van der Waals surface area contributed by atoms with E-state index < -0.39 is 5.60 Å². The zero-order valence-corrected chi connectivity index (χ0v) is 19.3. The Morgan fingerprint density at radius 1 is 1.37 bits per heavy atom. The predicted octanol–water partition coefficient (Wildman–Crippen LogP) is 4.51. The summed E-state index contributed by atoms with van der Waals surface area (Å²) in [6, 6.07) is 3.82. The predicted molar refractivity (Wildman–Crippen MR) is 119 cm³/mol. The number of nitrogens with zero attached hydrogens (tertiary/aromatic N) is 2. The number of likely N-dealkylation sites (tertiary alicyclic amines) is 1. The van der Waals surface area contributed by atoms with Gasteiger partial charge in [0.25, 0.3) is 5.91 Å². The molecule has 0 aliphatic carbocycles. The highest BCUT2D eigenvalue weighted by atomic mass is 32.2. The monoisotopic (exact) mass is 451 g/mol. The van der Waals surface area contributed by atoms with E-state index in [0.29, 0.717) is 25.3 Å². The van der Waals surface area contributed by atoms with Crippen LogP contribution >= 0.6 is 23.1 Å². The van der Waals surface area contributed by atoms with Crippen LogP contribution in [-0.4, -0.2) is 52.9 Å². The maximum atomic E-state index is 12.3. The molecule has 0 aromatic carbocycles. The van der Waals surface area contributed by atoms with Crippen molar-refractivity contribution in [3.05, 3.63) is 40.2 Å². The van der Waals surface area contributed by atoms with Crippen molar-refractivity contribution in [1.29, 1.82) is 0 Å². The van der Waals surface area contributed by atoms with Gasteiger partial charge in [0.2, 0.25) is 0 Å². The average Bonchev–Trinajstić information content (AvgIpc) is 3.38. The van der Waals surface area contributed by atoms with Gasteiger partial charge in [-0.3, -0.25) is 4.79 Å². The molecule has 164 valence electrons. The van der Waals surface area contributed by atoms with E-state index in [1.165, 1.54) is 11.3 Å². The van der Waals surface area contributed by atoms with Gasteiger partial charge in [-0.1, -0.05) is 0 Å². The fourth-order valence-electron chi connectivity index (χ4n) is 3.11. The number of nitrogens with one attached hydrogen (secondary N) is 1. The van der Waals surface area contributed by atoms with Crippen LogP contribution in [0.2, 0.25) is 0 Å². The van der Waals surface area contributed by atoms with E-state index in [1.54, 1.807) is 22.9 Å². The first-order valence-corrected chi connectivity index (χ1v) is 12.2. The second kappa shape index (κ2) is 10.3. The van der Waals surface area contributed by atoms with Gasteiger partial charge in [-0.15, -0.1) is 11.3 Å². The number of hydrogen-bond donors (Lipinski definition) is 1. The number of thioether (sulfide) groups is 1. The Labute approximate surface area is 185 Å². The summed E-state index contributed by atoms with van der Waals surface area (Å²) in [5, 5.41) is 5.71. The molecule has 9 heteroatoms.